The second-order valence-electron chi connectivity index (χ2n) is 4.55. The summed E-state index contributed by atoms with van der Waals surface area (Å²) in [5.74, 6) is 0. The van der Waals surface area contributed by atoms with E-state index in [0.29, 0.717) is 6.04 Å². The molecule has 80 valence electrons. The van der Waals surface area contributed by atoms with Gasteiger partial charge in [-0.05, 0) is 30.5 Å². The minimum absolute atomic E-state index is 0.649. The number of rotatable bonds is 3. The van der Waals surface area contributed by atoms with E-state index in [1.165, 1.54) is 36.1 Å². The van der Waals surface area contributed by atoms with E-state index in [1.54, 1.807) is 0 Å². The van der Waals surface area contributed by atoms with Crippen molar-refractivity contribution in [3.05, 3.63) is 29.8 Å². The van der Waals surface area contributed by atoms with E-state index in [2.05, 4.69) is 41.3 Å². The van der Waals surface area contributed by atoms with Crippen LogP contribution in [0.4, 0.5) is 0 Å². The van der Waals surface area contributed by atoms with Crippen LogP contribution in [0.25, 0.3) is 0 Å². The number of thioether (sulfide) groups is 1. The predicted molar refractivity (Wildman–Crippen MR) is 65.3 cm³/mol. The topological polar surface area (TPSA) is 21.9 Å². The molecule has 0 aromatic heterocycles. The molecule has 15 heavy (non-hydrogen) atoms. The lowest BCUT2D eigenvalue weighted by Crippen LogP contribution is -1.93. The molecular formula is C13H17NS. The third-order valence-corrected chi connectivity index (χ3v) is 4.64. The molecule has 1 N–H and O–H groups in total. The molecule has 1 heterocycles. The Labute approximate surface area is 95.6 Å². The fourth-order valence-electron chi connectivity index (χ4n) is 2.27. The molecule has 0 spiro atoms. The third kappa shape index (κ3) is 2.37. The maximum atomic E-state index is 3.34. The zero-order valence-corrected chi connectivity index (χ0v) is 9.72. The van der Waals surface area contributed by atoms with Crippen molar-refractivity contribution in [2.75, 3.05) is 6.54 Å². The number of benzene rings is 1. The summed E-state index contributed by atoms with van der Waals surface area (Å²) in [6, 6.07) is 9.79. The van der Waals surface area contributed by atoms with Gasteiger partial charge < -0.3 is 5.32 Å². The Morgan fingerprint density at radius 2 is 1.73 bits per heavy atom. The van der Waals surface area contributed by atoms with Gasteiger partial charge in [-0.1, -0.05) is 25.0 Å². The molecule has 3 rings (SSSR count). The summed E-state index contributed by atoms with van der Waals surface area (Å²) >= 11 is 2.07. The summed E-state index contributed by atoms with van der Waals surface area (Å²) < 4.78 is 0. The van der Waals surface area contributed by atoms with Crippen molar-refractivity contribution in [3.63, 3.8) is 0 Å². The molecule has 0 radical (unpaired) electrons. The van der Waals surface area contributed by atoms with Crippen LogP contribution in [0.2, 0.25) is 0 Å². The first-order valence-corrected chi connectivity index (χ1v) is 6.80. The number of nitrogens with one attached hydrogen (secondary N) is 1. The summed E-state index contributed by atoms with van der Waals surface area (Å²) in [5, 5.41) is 4.22. The Morgan fingerprint density at radius 3 is 2.33 bits per heavy atom. The first-order valence-electron chi connectivity index (χ1n) is 5.92. The van der Waals surface area contributed by atoms with Gasteiger partial charge in [0.15, 0.2) is 0 Å². The first kappa shape index (κ1) is 9.73. The quantitative estimate of drug-likeness (QED) is 0.787. The SMILES string of the molecule is c1cc(C2CN2)ccc1SC1CCCC1. The zero-order valence-electron chi connectivity index (χ0n) is 8.91. The molecular weight excluding hydrogens is 202 g/mol. The Bertz CT molecular complexity index is 323. The highest BCUT2D eigenvalue weighted by atomic mass is 32.2. The fraction of sp³-hybridized carbons (Fsp3) is 0.538. The van der Waals surface area contributed by atoms with Crippen LogP contribution < -0.4 is 5.32 Å². The lowest BCUT2D eigenvalue weighted by atomic mass is 10.2. The molecule has 2 aliphatic rings. The van der Waals surface area contributed by atoms with Crippen LogP contribution in [0, 0.1) is 0 Å². The van der Waals surface area contributed by atoms with E-state index in [1.807, 2.05) is 0 Å². The summed E-state index contributed by atoms with van der Waals surface area (Å²) in [6.45, 7) is 1.16. The molecule has 1 aliphatic heterocycles. The largest absolute Gasteiger partial charge is 0.307 e. The van der Waals surface area contributed by atoms with Gasteiger partial charge in [-0.3, -0.25) is 0 Å². The fourth-order valence-corrected chi connectivity index (χ4v) is 3.52. The first-order chi connectivity index (χ1) is 7.42. The van der Waals surface area contributed by atoms with Crippen molar-refractivity contribution >= 4 is 11.8 Å². The van der Waals surface area contributed by atoms with Crippen LogP contribution in [0.5, 0.6) is 0 Å². The molecule has 0 bridgehead atoms. The molecule has 2 fully saturated rings. The molecule has 2 heteroatoms. The molecule has 1 atom stereocenters. The zero-order chi connectivity index (χ0) is 10.1. The van der Waals surface area contributed by atoms with Crippen LogP contribution in [-0.2, 0) is 0 Å². The number of hydrogen-bond donors (Lipinski definition) is 1. The Kier molecular flexibility index (Phi) is 2.72. The molecule has 1 unspecified atom stereocenters. The maximum absolute atomic E-state index is 3.34. The smallest absolute Gasteiger partial charge is 0.0447 e. The predicted octanol–water partition coefficient (Wildman–Crippen LogP) is 3.37. The minimum atomic E-state index is 0.649. The van der Waals surface area contributed by atoms with Gasteiger partial charge in [0, 0.05) is 22.7 Å². The van der Waals surface area contributed by atoms with Crippen molar-refractivity contribution in [1.82, 2.24) is 5.32 Å². The van der Waals surface area contributed by atoms with E-state index < -0.39 is 0 Å². The average molecular weight is 219 g/mol. The highest BCUT2D eigenvalue weighted by Gasteiger charge is 2.22. The molecule has 1 nitrogen and oxygen atoms in total. The molecule has 0 amide bonds. The van der Waals surface area contributed by atoms with Crippen molar-refractivity contribution in [3.8, 4) is 0 Å². The molecule has 1 aromatic carbocycles. The monoisotopic (exact) mass is 219 g/mol. The highest BCUT2D eigenvalue weighted by molar-refractivity contribution is 8.00. The van der Waals surface area contributed by atoms with Gasteiger partial charge >= 0.3 is 0 Å². The lowest BCUT2D eigenvalue weighted by Gasteiger charge is -2.08. The van der Waals surface area contributed by atoms with Crippen LogP contribution in [0.15, 0.2) is 29.2 Å². The van der Waals surface area contributed by atoms with E-state index in [4.69, 9.17) is 0 Å². The second kappa shape index (κ2) is 4.18. The molecule has 1 saturated carbocycles. The average Bonchev–Trinajstić information content (AvgIpc) is 2.99. The summed E-state index contributed by atoms with van der Waals surface area (Å²) in [6.07, 6.45) is 5.69. The van der Waals surface area contributed by atoms with Crippen molar-refractivity contribution in [1.29, 1.82) is 0 Å². The van der Waals surface area contributed by atoms with Gasteiger partial charge in [-0.2, -0.15) is 0 Å². The van der Waals surface area contributed by atoms with Crippen LogP contribution in [0.3, 0.4) is 0 Å². The van der Waals surface area contributed by atoms with Crippen molar-refractivity contribution in [2.45, 2.75) is 41.9 Å². The van der Waals surface area contributed by atoms with Crippen LogP contribution in [0.1, 0.15) is 37.3 Å². The summed E-state index contributed by atoms with van der Waals surface area (Å²) in [4.78, 5) is 1.45. The van der Waals surface area contributed by atoms with E-state index in [9.17, 15) is 0 Å². The molecule has 1 aliphatic carbocycles. The molecule has 1 aromatic rings. The van der Waals surface area contributed by atoms with Crippen molar-refractivity contribution in [2.24, 2.45) is 0 Å². The van der Waals surface area contributed by atoms with Crippen LogP contribution in [-0.4, -0.2) is 11.8 Å². The van der Waals surface area contributed by atoms with E-state index in [0.717, 1.165) is 11.8 Å². The van der Waals surface area contributed by atoms with Crippen LogP contribution >= 0.6 is 11.8 Å². The third-order valence-electron chi connectivity index (χ3n) is 3.30. The second-order valence-corrected chi connectivity index (χ2v) is 5.93. The Balaban J connectivity index is 1.64. The maximum Gasteiger partial charge on any atom is 0.0447 e. The van der Waals surface area contributed by atoms with E-state index in [-0.39, 0.29) is 0 Å². The summed E-state index contributed by atoms with van der Waals surface area (Å²) in [5.41, 5.74) is 1.45. The Morgan fingerprint density at radius 1 is 1.07 bits per heavy atom. The highest BCUT2D eigenvalue weighted by Crippen LogP contribution is 2.35. The van der Waals surface area contributed by atoms with E-state index >= 15 is 0 Å². The van der Waals surface area contributed by atoms with Gasteiger partial charge in [0.25, 0.3) is 0 Å². The summed E-state index contributed by atoms with van der Waals surface area (Å²) in [7, 11) is 0. The minimum Gasteiger partial charge on any atom is -0.307 e. The van der Waals surface area contributed by atoms with Gasteiger partial charge in [-0.25, -0.2) is 0 Å². The van der Waals surface area contributed by atoms with Gasteiger partial charge in [-0.15, -0.1) is 11.8 Å². The van der Waals surface area contributed by atoms with Crippen molar-refractivity contribution < 1.29 is 0 Å². The molecule has 1 saturated heterocycles. The number of hydrogen-bond acceptors (Lipinski definition) is 2. The van der Waals surface area contributed by atoms with Gasteiger partial charge in [0.1, 0.15) is 0 Å². The van der Waals surface area contributed by atoms with Gasteiger partial charge in [0.2, 0.25) is 0 Å². The Hall–Kier alpha value is -0.470. The van der Waals surface area contributed by atoms with Gasteiger partial charge in [0.05, 0.1) is 0 Å². The normalized spacial score (nSPS) is 25.7. The lowest BCUT2D eigenvalue weighted by molar-refractivity contribution is 0.886. The standard InChI is InChI=1S/C13H17NS/c1-2-4-11(3-1)15-12-7-5-10(6-8-12)13-9-14-13/h5-8,11,13-14H,1-4,9H2.